The van der Waals surface area contributed by atoms with E-state index in [4.69, 9.17) is 14.2 Å². The third-order valence-corrected chi connectivity index (χ3v) is 5.94. The Bertz CT molecular complexity index is 797. The SMILES string of the molecule is Cc1ccc(CN(C(=O)CCC2CCCO2)c2ccc3c(c2)OCCO3)s1. The zero-order valence-electron chi connectivity index (χ0n) is 15.6. The number of thiophene rings is 1. The van der Waals surface area contributed by atoms with Crippen molar-refractivity contribution in [3.63, 3.8) is 0 Å². The lowest BCUT2D eigenvalue weighted by Crippen LogP contribution is -2.31. The van der Waals surface area contributed by atoms with Crippen LogP contribution in [-0.4, -0.2) is 31.8 Å². The number of rotatable bonds is 6. The molecule has 0 spiro atoms. The smallest absolute Gasteiger partial charge is 0.227 e. The molecule has 2 aliphatic rings. The lowest BCUT2D eigenvalue weighted by molar-refractivity contribution is -0.119. The van der Waals surface area contributed by atoms with Gasteiger partial charge in [-0.25, -0.2) is 0 Å². The summed E-state index contributed by atoms with van der Waals surface area (Å²) in [5.74, 6) is 1.56. The Morgan fingerprint density at radius 1 is 1.15 bits per heavy atom. The maximum absolute atomic E-state index is 13.1. The molecule has 0 saturated carbocycles. The molecule has 1 aromatic carbocycles. The molecule has 144 valence electrons. The van der Waals surface area contributed by atoms with Gasteiger partial charge < -0.3 is 19.1 Å². The molecule has 1 fully saturated rings. The lowest BCUT2D eigenvalue weighted by Gasteiger charge is -2.25. The molecule has 0 radical (unpaired) electrons. The highest BCUT2D eigenvalue weighted by atomic mass is 32.1. The van der Waals surface area contributed by atoms with E-state index in [0.29, 0.717) is 31.9 Å². The Kier molecular flexibility index (Phi) is 5.64. The van der Waals surface area contributed by atoms with E-state index in [9.17, 15) is 4.79 Å². The first kappa shape index (κ1) is 18.3. The molecule has 0 bridgehead atoms. The molecule has 2 aromatic rings. The van der Waals surface area contributed by atoms with Crippen LogP contribution in [-0.2, 0) is 16.1 Å². The maximum Gasteiger partial charge on any atom is 0.227 e. The molecule has 2 aliphatic heterocycles. The van der Waals surface area contributed by atoms with Crippen LogP contribution in [0.1, 0.15) is 35.4 Å². The first-order valence-electron chi connectivity index (χ1n) is 9.56. The van der Waals surface area contributed by atoms with Crippen LogP contribution < -0.4 is 14.4 Å². The van der Waals surface area contributed by atoms with E-state index < -0.39 is 0 Å². The van der Waals surface area contributed by atoms with Crippen LogP contribution in [0.25, 0.3) is 0 Å². The number of hydrogen-bond donors (Lipinski definition) is 0. The van der Waals surface area contributed by atoms with E-state index in [2.05, 4.69) is 19.1 Å². The van der Waals surface area contributed by atoms with Gasteiger partial charge in [0.15, 0.2) is 11.5 Å². The molecule has 1 aromatic heterocycles. The third-order valence-electron chi connectivity index (χ3n) is 4.95. The predicted octanol–water partition coefficient (Wildman–Crippen LogP) is 4.32. The van der Waals surface area contributed by atoms with Gasteiger partial charge in [0, 0.05) is 34.5 Å². The number of carbonyl (C=O) groups excluding carboxylic acids is 1. The van der Waals surface area contributed by atoms with Crippen LogP contribution in [0.2, 0.25) is 0 Å². The van der Waals surface area contributed by atoms with Gasteiger partial charge in [-0.15, -0.1) is 11.3 Å². The summed E-state index contributed by atoms with van der Waals surface area (Å²) in [6.07, 6.45) is 3.65. The quantitative estimate of drug-likeness (QED) is 0.741. The Balaban J connectivity index is 1.54. The minimum absolute atomic E-state index is 0.119. The van der Waals surface area contributed by atoms with Crippen LogP contribution >= 0.6 is 11.3 Å². The van der Waals surface area contributed by atoms with Crippen LogP contribution in [0.15, 0.2) is 30.3 Å². The highest BCUT2D eigenvalue weighted by Gasteiger charge is 2.23. The van der Waals surface area contributed by atoms with Crippen molar-refractivity contribution in [2.45, 2.75) is 45.3 Å². The van der Waals surface area contributed by atoms with Gasteiger partial charge in [0.25, 0.3) is 0 Å². The average Bonchev–Trinajstić information content (AvgIpc) is 3.35. The van der Waals surface area contributed by atoms with Gasteiger partial charge in [0.1, 0.15) is 13.2 Å². The fraction of sp³-hybridized carbons (Fsp3) is 0.476. The fourth-order valence-electron chi connectivity index (χ4n) is 3.54. The van der Waals surface area contributed by atoms with Crippen LogP contribution in [0.5, 0.6) is 11.5 Å². The minimum Gasteiger partial charge on any atom is -0.486 e. The number of fused-ring (bicyclic) bond motifs is 1. The summed E-state index contributed by atoms with van der Waals surface area (Å²) in [5, 5.41) is 0. The summed E-state index contributed by atoms with van der Waals surface area (Å²) in [6, 6.07) is 9.94. The molecule has 6 heteroatoms. The van der Waals surface area contributed by atoms with E-state index in [1.54, 1.807) is 11.3 Å². The number of benzene rings is 1. The van der Waals surface area contributed by atoms with E-state index >= 15 is 0 Å². The van der Waals surface area contributed by atoms with Crippen molar-refractivity contribution in [3.8, 4) is 11.5 Å². The molecule has 1 amide bonds. The zero-order valence-corrected chi connectivity index (χ0v) is 16.4. The molecule has 0 aliphatic carbocycles. The highest BCUT2D eigenvalue weighted by Crippen LogP contribution is 2.35. The number of nitrogens with zero attached hydrogens (tertiary/aromatic N) is 1. The average molecular weight is 388 g/mol. The van der Waals surface area contributed by atoms with Gasteiger partial charge in [-0.2, -0.15) is 0 Å². The Labute approximate surface area is 163 Å². The molecular weight excluding hydrogens is 362 g/mol. The molecular formula is C21H25NO4S. The minimum atomic E-state index is 0.119. The van der Waals surface area contributed by atoms with Crippen molar-refractivity contribution in [2.24, 2.45) is 0 Å². The van der Waals surface area contributed by atoms with E-state index in [1.807, 2.05) is 23.1 Å². The molecule has 4 rings (SSSR count). The number of ether oxygens (including phenoxy) is 3. The zero-order chi connectivity index (χ0) is 18.6. The van der Waals surface area contributed by atoms with E-state index in [-0.39, 0.29) is 12.0 Å². The van der Waals surface area contributed by atoms with Gasteiger partial charge in [0.05, 0.1) is 12.6 Å². The summed E-state index contributed by atoms with van der Waals surface area (Å²) in [4.78, 5) is 17.4. The van der Waals surface area contributed by atoms with E-state index in [0.717, 1.165) is 37.3 Å². The molecule has 1 saturated heterocycles. The molecule has 1 atom stereocenters. The van der Waals surface area contributed by atoms with Gasteiger partial charge >= 0.3 is 0 Å². The summed E-state index contributed by atoms with van der Waals surface area (Å²) in [6.45, 7) is 4.57. The summed E-state index contributed by atoms with van der Waals surface area (Å²) in [5.41, 5.74) is 0.850. The van der Waals surface area contributed by atoms with Gasteiger partial charge in [0.2, 0.25) is 5.91 Å². The van der Waals surface area contributed by atoms with Crippen molar-refractivity contribution >= 4 is 22.9 Å². The molecule has 27 heavy (non-hydrogen) atoms. The third kappa shape index (κ3) is 4.45. The van der Waals surface area contributed by atoms with Crippen molar-refractivity contribution in [1.82, 2.24) is 0 Å². The van der Waals surface area contributed by atoms with Gasteiger partial charge in [-0.3, -0.25) is 4.79 Å². The second kappa shape index (κ2) is 8.31. The standard InChI is InChI=1S/C21H25NO4S/c1-15-4-7-18(27-15)14-22(21(23)9-6-17-3-2-10-24-17)16-5-8-19-20(13-16)26-12-11-25-19/h4-5,7-8,13,17H,2-3,6,9-12,14H2,1H3. The first-order chi connectivity index (χ1) is 13.2. The van der Waals surface area contributed by atoms with Crippen molar-refractivity contribution < 1.29 is 19.0 Å². The van der Waals surface area contributed by atoms with Crippen molar-refractivity contribution in [2.75, 3.05) is 24.7 Å². The molecule has 3 heterocycles. The number of amides is 1. The van der Waals surface area contributed by atoms with Crippen LogP contribution in [0, 0.1) is 6.92 Å². The summed E-state index contributed by atoms with van der Waals surface area (Å²) >= 11 is 1.73. The Morgan fingerprint density at radius 2 is 2.00 bits per heavy atom. The molecule has 1 unspecified atom stereocenters. The number of anilines is 1. The fourth-order valence-corrected chi connectivity index (χ4v) is 4.42. The monoisotopic (exact) mass is 387 g/mol. The van der Waals surface area contributed by atoms with Crippen LogP contribution in [0.4, 0.5) is 5.69 Å². The molecule has 5 nitrogen and oxygen atoms in total. The summed E-state index contributed by atoms with van der Waals surface area (Å²) < 4.78 is 17.0. The van der Waals surface area contributed by atoms with Crippen molar-refractivity contribution in [3.05, 3.63) is 40.1 Å². The lowest BCUT2D eigenvalue weighted by atomic mass is 10.1. The Hall–Kier alpha value is -2.05. The predicted molar refractivity (Wildman–Crippen MR) is 106 cm³/mol. The normalized spacial score (nSPS) is 18.5. The second-order valence-electron chi connectivity index (χ2n) is 6.99. The van der Waals surface area contributed by atoms with Crippen molar-refractivity contribution in [1.29, 1.82) is 0 Å². The summed E-state index contributed by atoms with van der Waals surface area (Å²) in [7, 11) is 0. The molecule has 0 N–H and O–H groups in total. The topological polar surface area (TPSA) is 48.0 Å². The highest BCUT2D eigenvalue weighted by molar-refractivity contribution is 7.11. The number of aryl methyl sites for hydroxylation is 1. The van der Waals surface area contributed by atoms with Crippen LogP contribution in [0.3, 0.4) is 0 Å². The van der Waals surface area contributed by atoms with Gasteiger partial charge in [-0.1, -0.05) is 0 Å². The number of carbonyl (C=O) groups is 1. The number of hydrogen-bond acceptors (Lipinski definition) is 5. The largest absolute Gasteiger partial charge is 0.486 e. The van der Waals surface area contributed by atoms with Gasteiger partial charge in [-0.05, 0) is 50.5 Å². The second-order valence-corrected chi connectivity index (χ2v) is 8.37. The van der Waals surface area contributed by atoms with E-state index in [1.165, 1.54) is 9.75 Å². The maximum atomic E-state index is 13.1. The first-order valence-corrected chi connectivity index (χ1v) is 10.4. The Morgan fingerprint density at radius 3 is 2.74 bits per heavy atom.